The zero-order chi connectivity index (χ0) is 16.0. The van der Waals surface area contributed by atoms with Crippen LogP contribution in [0, 0.1) is 0 Å². The minimum absolute atomic E-state index is 0. The Labute approximate surface area is 161 Å². The summed E-state index contributed by atoms with van der Waals surface area (Å²) < 4.78 is 0.745. The Morgan fingerprint density at radius 1 is 1.24 bits per heavy atom. The van der Waals surface area contributed by atoms with Gasteiger partial charge >= 0.3 is 23.2 Å². The van der Waals surface area contributed by atoms with E-state index in [2.05, 4.69) is 75.6 Å². The number of oxime groups is 1. The molecule has 0 heterocycles. The molecule has 0 unspecified atom stereocenters. The van der Waals surface area contributed by atoms with Crippen LogP contribution in [0.25, 0.3) is 0 Å². The van der Waals surface area contributed by atoms with Crippen molar-refractivity contribution in [2.75, 3.05) is 26.4 Å². The summed E-state index contributed by atoms with van der Waals surface area (Å²) in [5, 5.41) is 12.0. The van der Waals surface area contributed by atoms with Gasteiger partial charge in [-0.1, -0.05) is 13.8 Å². The number of nitrogens with one attached hydrogen (secondary N) is 3. The van der Waals surface area contributed by atoms with Crippen molar-refractivity contribution in [1.82, 2.24) is 16.0 Å². The van der Waals surface area contributed by atoms with Crippen molar-refractivity contribution in [2.24, 2.45) is 5.16 Å². The third-order valence-corrected chi connectivity index (χ3v) is 2.66. The molecule has 21 heavy (non-hydrogen) atoms. The molecule has 0 aromatic rings. The van der Waals surface area contributed by atoms with Gasteiger partial charge in [0.25, 0.3) is 0 Å². The zero-order valence-corrected chi connectivity index (χ0v) is 16.9. The van der Waals surface area contributed by atoms with Crippen molar-refractivity contribution in [3.05, 3.63) is 0 Å². The molecule has 121 valence electrons. The molecule has 12 heteroatoms. The van der Waals surface area contributed by atoms with E-state index in [1.807, 2.05) is 6.26 Å². The van der Waals surface area contributed by atoms with Crippen LogP contribution in [0.4, 0.5) is 4.79 Å². The van der Waals surface area contributed by atoms with Crippen molar-refractivity contribution >= 4 is 81.2 Å². The van der Waals surface area contributed by atoms with E-state index in [0.29, 0.717) is 26.8 Å². The second-order valence-corrected chi connectivity index (χ2v) is 6.02. The molecule has 0 spiro atoms. The fourth-order valence-corrected chi connectivity index (χ4v) is 1.04. The summed E-state index contributed by atoms with van der Waals surface area (Å²) in [6, 6.07) is 0. The Kier molecular flexibility index (Phi) is 22.3. The van der Waals surface area contributed by atoms with E-state index in [0.717, 1.165) is 0 Å². The van der Waals surface area contributed by atoms with Crippen LogP contribution in [-0.2, 0) is 47.2 Å². The minimum Gasteiger partial charge on any atom is -0.412 e. The molecule has 0 aliphatic rings. The van der Waals surface area contributed by atoms with E-state index in [4.69, 9.17) is 0 Å². The summed E-state index contributed by atoms with van der Waals surface area (Å²) in [5.74, 6) is 0. The summed E-state index contributed by atoms with van der Waals surface area (Å²) in [4.78, 5) is 14.7. The Morgan fingerprint density at radius 2 is 1.67 bits per heavy atom. The average Bonchev–Trinajstić information content (AvgIpc) is 2.40. The standard InChI is InChI=1S/C5H10N2O2S.C4H8N2S4.Mn/c1-4(10-3)7-9-5(8)6-2;7-3(8)5-1-2-6-4(9)10;/h1-3H3,(H,6,8);1-2H2,(H2,5,7,8)(H2,6,9,10);/q;;+2/p-2/b7-4+;;. The Hall–Kier alpha value is 0.0295. The number of thioether (sulfide) groups is 1. The van der Waals surface area contributed by atoms with Crippen LogP contribution in [0.3, 0.4) is 0 Å². The molecular weight excluding hydrogens is 411 g/mol. The number of thiocarbonyl (C=S) groups is 2. The molecule has 0 rings (SSSR count). The SMILES string of the molecule is CNC(=O)O/N=C(\C)SC.S=C([S-])NCCNC(=S)[S-].[Mn+2]. The van der Waals surface area contributed by atoms with Gasteiger partial charge in [-0.15, -0.1) is 11.8 Å². The number of hydrogen-bond acceptors (Lipinski definition) is 8. The van der Waals surface area contributed by atoms with E-state index in [1.54, 1.807) is 6.92 Å². The van der Waals surface area contributed by atoms with Crippen LogP contribution >= 0.6 is 36.2 Å². The quantitative estimate of drug-likeness (QED) is 0.0886. The van der Waals surface area contributed by atoms with E-state index >= 15 is 0 Å². The third-order valence-electron chi connectivity index (χ3n) is 1.42. The van der Waals surface area contributed by atoms with Crippen molar-refractivity contribution in [2.45, 2.75) is 6.92 Å². The molecule has 0 saturated carbocycles. The molecule has 0 saturated heterocycles. The summed E-state index contributed by atoms with van der Waals surface area (Å²) in [6.45, 7) is 3.09. The second kappa shape index (κ2) is 18.1. The molecule has 3 N–H and O–H groups in total. The normalized spacial score (nSPS) is 9.19. The van der Waals surface area contributed by atoms with Gasteiger partial charge in [-0.05, 0) is 13.2 Å². The number of amides is 1. The number of nitrogens with zero attached hydrogens (tertiary/aromatic N) is 1. The topological polar surface area (TPSA) is 74.8 Å². The van der Waals surface area contributed by atoms with Gasteiger partial charge in [-0.2, -0.15) is 0 Å². The van der Waals surface area contributed by atoms with E-state index < -0.39 is 6.09 Å². The molecule has 1 radical (unpaired) electrons. The summed E-state index contributed by atoms with van der Waals surface area (Å²) >= 11 is 19.8. The molecule has 0 fully saturated rings. The fraction of sp³-hybridized carbons (Fsp3) is 0.556. The number of carbonyl (C=O) groups is 1. The van der Waals surface area contributed by atoms with Crippen molar-refractivity contribution in [3.63, 3.8) is 0 Å². The van der Waals surface area contributed by atoms with Crippen molar-refractivity contribution < 1.29 is 26.7 Å². The molecule has 1 amide bonds. The summed E-state index contributed by atoms with van der Waals surface area (Å²) in [5.41, 5.74) is 0. The Balaban J connectivity index is -0.000000295. The zero-order valence-electron chi connectivity index (χ0n) is 11.6. The van der Waals surface area contributed by atoms with Crippen LogP contribution in [0.1, 0.15) is 6.92 Å². The molecule has 0 aliphatic carbocycles. The van der Waals surface area contributed by atoms with Gasteiger partial charge in [-0.25, -0.2) is 4.79 Å². The van der Waals surface area contributed by atoms with Gasteiger partial charge in [0.1, 0.15) is 5.04 Å². The molecule has 0 bridgehead atoms. The molecule has 0 aromatic heterocycles. The van der Waals surface area contributed by atoms with Crippen molar-refractivity contribution in [3.8, 4) is 0 Å². The first-order chi connectivity index (χ1) is 9.33. The number of hydrogen-bond donors (Lipinski definition) is 3. The predicted molar refractivity (Wildman–Crippen MR) is 98.1 cm³/mol. The first-order valence-corrected chi connectivity index (χ1v) is 8.06. The van der Waals surface area contributed by atoms with Gasteiger partial charge in [0.05, 0.1) is 0 Å². The molecule has 0 atom stereocenters. The maximum atomic E-state index is 10.4. The van der Waals surface area contributed by atoms with Crippen LogP contribution in [-0.4, -0.2) is 46.2 Å². The Morgan fingerprint density at radius 3 is 1.95 bits per heavy atom. The minimum atomic E-state index is -0.548. The first-order valence-electron chi connectivity index (χ1n) is 5.20. The van der Waals surface area contributed by atoms with E-state index in [1.165, 1.54) is 18.8 Å². The number of carbonyl (C=O) groups excluding carboxylic acids is 1. The third kappa shape index (κ3) is 25.3. The average molecular weight is 428 g/mol. The number of rotatable bonds is 4. The molecule has 6 nitrogen and oxygen atoms in total. The van der Waals surface area contributed by atoms with Gasteiger partial charge < -0.3 is 65.6 Å². The summed E-state index contributed by atoms with van der Waals surface area (Å²) in [7, 11) is 1.48. The molecule has 0 aromatic carbocycles. The largest absolute Gasteiger partial charge is 2.00 e. The van der Waals surface area contributed by atoms with Gasteiger partial charge in [-0.3, -0.25) is 4.84 Å². The van der Waals surface area contributed by atoms with Gasteiger partial charge in [0.15, 0.2) is 0 Å². The van der Waals surface area contributed by atoms with E-state index in [9.17, 15) is 4.79 Å². The Bertz CT molecular complexity index is 341. The fourth-order valence-electron chi connectivity index (χ4n) is 0.518. The van der Waals surface area contributed by atoms with Crippen LogP contribution in [0.5, 0.6) is 0 Å². The predicted octanol–water partition coefficient (Wildman–Crippen LogP) is 0.865. The van der Waals surface area contributed by atoms with Crippen LogP contribution in [0.2, 0.25) is 0 Å². The van der Waals surface area contributed by atoms with Crippen molar-refractivity contribution in [1.29, 1.82) is 0 Å². The van der Waals surface area contributed by atoms with Crippen LogP contribution < -0.4 is 16.0 Å². The van der Waals surface area contributed by atoms with E-state index in [-0.39, 0.29) is 17.1 Å². The molecular formula is C9H16MnN4O2S5. The monoisotopic (exact) mass is 427 g/mol. The van der Waals surface area contributed by atoms with Gasteiger partial charge in [0.2, 0.25) is 0 Å². The smallest absolute Gasteiger partial charge is 0.412 e. The van der Waals surface area contributed by atoms with Gasteiger partial charge in [0, 0.05) is 20.1 Å². The second-order valence-electron chi connectivity index (χ2n) is 2.87. The van der Waals surface area contributed by atoms with Crippen LogP contribution in [0.15, 0.2) is 5.16 Å². The maximum absolute atomic E-state index is 10.4. The maximum Gasteiger partial charge on any atom is 2.00 e. The summed E-state index contributed by atoms with van der Waals surface area (Å²) in [6.07, 6.45) is 1.31. The first kappa shape index (κ1) is 26.0. The molecule has 0 aliphatic heterocycles.